The first-order valence-electron chi connectivity index (χ1n) is 4.15. The summed E-state index contributed by atoms with van der Waals surface area (Å²) in [6.07, 6.45) is 5.02. The topological polar surface area (TPSA) is 35.0 Å². The molecule has 0 spiro atoms. The van der Waals surface area contributed by atoms with Crippen LogP contribution in [0.15, 0.2) is 18.9 Å². The first-order valence-corrected chi connectivity index (χ1v) is 4.91. The molecule has 1 aromatic heterocycles. The van der Waals surface area contributed by atoms with E-state index < -0.39 is 0 Å². The monoisotopic (exact) mass is 232 g/mol. The third-order valence-electron chi connectivity index (χ3n) is 1.47. The predicted molar refractivity (Wildman–Crippen MR) is 57.0 cm³/mol. The molecule has 0 unspecified atom stereocenters. The van der Waals surface area contributed by atoms with E-state index in [0.29, 0.717) is 17.5 Å². The van der Waals surface area contributed by atoms with Crippen molar-refractivity contribution in [3.8, 4) is 5.88 Å². The number of hydrogen-bond acceptors (Lipinski definition) is 3. The molecule has 0 bridgehead atoms. The van der Waals surface area contributed by atoms with Gasteiger partial charge in [0.2, 0.25) is 11.2 Å². The third-order valence-corrected chi connectivity index (χ3v) is 1.92. The molecular weight excluding hydrogens is 223 g/mol. The highest BCUT2D eigenvalue weighted by Crippen LogP contribution is 2.21. The van der Waals surface area contributed by atoms with Crippen LogP contribution >= 0.6 is 23.2 Å². The maximum absolute atomic E-state index is 5.78. The second-order valence-corrected chi connectivity index (χ2v) is 3.32. The maximum atomic E-state index is 5.78. The van der Waals surface area contributed by atoms with Crippen molar-refractivity contribution in [1.82, 2.24) is 9.97 Å². The summed E-state index contributed by atoms with van der Waals surface area (Å²) in [4.78, 5) is 7.55. The molecule has 76 valence electrons. The third kappa shape index (κ3) is 3.52. The molecule has 0 amide bonds. The van der Waals surface area contributed by atoms with E-state index in [2.05, 4.69) is 16.5 Å². The highest BCUT2D eigenvalue weighted by Gasteiger charge is 2.04. The summed E-state index contributed by atoms with van der Waals surface area (Å²) >= 11 is 11.4. The van der Waals surface area contributed by atoms with Crippen LogP contribution in [0.25, 0.3) is 0 Å². The van der Waals surface area contributed by atoms with Crippen LogP contribution in [0.5, 0.6) is 5.88 Å². The van der Waals surface area contributed by atoms with Crippen molar-refractivity contribution in [2.24, 2.45) is 0 Å². The minimum Gasteiger partial charge on any atom is -0.476 e. The summed E-state index contributed by atoms with van der Waals surface area (Å²) in [5.41, 5.74) is 0. The Bertz CT molecular complexity index is 318. The molecular formula is C9H10Cl2N2O. The highest BCUT2D eigenvalue weighted by molar-refractivity contribution is 6.32. The van der Waals surface area contributed by atoms with E-state index in [1.165, 1.54) is 6.20 Å². The van der Waals surface area contributed by atoms with Gasteiger partial charge in [-0.3, -0.25) is 0 Å². The Labute approximate surface area is 92.7 Å². The van der Waals surface area contributed by atoms with Gasteiger partial charge in [0.25, 0.3) is 0 Å². The van der Waals surface area contributed by atoms with Crippen LogP contribution in [0.3, 0.4) is 0 Å². The van der Waals surface area contributed by atoms with E-state index in [0.717, 1.165) is 12.8 Å². The van der Waals surface area contributed by atoms with Crippen LogP contribution in [0.2, 0.25) is 10.3 Å². The van der Waals surface area contributed by atoms with Gasteiger partial charge in [-0.05, 0) is 24.4 Å². The standard InChI is InChI=1S/C9H10Cl2N2O/c1-2-3-4-5-14-8-7(10)6-12-9(11)13-8/h2,6H,1,3-5H2. The van der Waals surface area contributed by atoms with E-state index in [1.54, 1.807) is 0 Å². The molecule has 0 aliphatic heterocycles. The summed E-state index contributed by atoms with van der Waals surface area (Å²) in [6, 6.07) is 0. The summed E-state index contributed by atoms with van der Waals surface area (Å²) in [5, 5.41) is 0.501. The summed E-state index contributed by atoms with van der Waals surface area (Å²) in [7, 11) is 0. The van der Waals surface area contributed by atoms with Gasteiger partial charge >= 0.3 is 0 Å². The zero-order valence-corrected chi connectivity index (χ0v) is 9.05. The largest absolute Gasteiger partial charge is 0.476 e. The zero-order chi connectivity index (χ0) is 10.4. The molecule has 1 heterocycles. The molecule has 14 heavy (non-hydrogen) atoms. The summed E-state index contributed by atoms with van der Waals surface area (Å²) < 4.78 is 5.30. The maximum Gasteiger partial charge on any atom is 0.237 e. The number of hydrogen-bond donors (Lipinski definition) is 0. The van der Waals surface area contributed by atoms with Gasteiger partial charge in [0.05, 0.1) is 12.8 Å². The lowest BCUT2D eigenvalue weighted by molar-refractivity contribution is 0.300. The molecule has 1 aromatic rings. The van der Waals surface area contributed by atoms with Crippen molar-refractivity contribution < 1.29 is 4.74 Å². The van der Waals surface area contributed by atoms with Crippen LogP contribution in [0.4, 0.5) is 0 Å². The molecule has 0 N–H and O–H groups in total. The van der Waals surface area contributed by atoms with Crippen molar-refractivity contribution in [3.63, 3.8) is 0 Å². The van der Waals surface area contributed by atoms with Gasteiger partial charge < -0.3 is 4.74 Å². The fraction of sp³-hybridized carbons (Fsp3) is 0.333. The molecule has 0 radical (unpaired) electrons. The van der Waals surface area contributed by atoms with E-state index >= 15 is 0 Å². The van der Waals surface area contributed by atoms with E-state index in [9.17, 15) is 0 Å². The average molecular weight is 233 g/mol. The van der Waals surface area contributed by atoms with Crippen molar-refractivity contribution in [3.05, 3.63) is 29.2 Å². The molecule has 5 heteroatoms. The molecule has 0 aromatic carbocycles. The van der Waals surface area contributed by atoms with Crippen LogP contribution in [0, 0.1) is 0 Å². The van der Waals surface area contributed by atoms with Gasteiger partial charge in [0.15, 0.2) is 0 Å². The van der Waals surface area contributed by atoms with Crippen LogP contribution in [0.1, 0.15) is 12.8 Å². The quantitative estimate of drug-likeness (QED) is 0.445. The Hall–Kier alpha value is -0.800. The van der Waals surface area contributed by atoms with E-state index in [-0.39, 0.29) is 5.28 Å². The molecule has 0 atom stereocenters. The first-order chi connectivity index (χ1) is 6.74. The minimum atomic E-state index is 0.133. The van der Waals surface area contributed by atoms with Crippen molar-refractivity contribution >= 4 is 23.2 Å². The second kappa shape index (κ2) is 5.83. The summed E-state index contributed by atoms with van der Waals surface area (Å²) in [6.45, 7) is 4.15. The van der Waals surface area contributed by atoms with Gasteiger partial charge in [-0.2, -0.15) is 4.98 Å². The van der Waals surface area contributed by atoms with Gasteiger partial charge in [-0.25, -0.2) is 4.98 Å². The smallest absolute Gasteiger partial charge is 0.237 e. The Kier molecular flexibility index (Phi) is 4.70. The Morgan fingerprint density at radius 2 is 2.29 bits per heavy atom. The minimum absolute atomic E-state index is 0.133. The molecule has 0 saturated carbocycles. The number of ether oxygens (including phenoxy) is 1. The van der Waals surface area contributed by atoms with E-state index in [1.807, 2.05) is 6.08 Å². The molecule has 3 nitrogen and oxygen atoms in total. The van der Waals surface area contributed by atoms with Gasteiger partial charge in [0.1, 0.15) is 5.02 Å². The number of unbranched alkanes of at least 4 members (excludes halogenated alkanes) is 1. The van der Waals surface area contributed by atoms with Gasteiger partial charge in [-0.15, -0.1) is 6.58 Å². The predicted octanol–water partition coefficient (Wildman–Crippen LogP) is 3.13. The van der Waals surface area contributed by atoms with Gasteiger partial charge in [0, 0.05) is 0 Å². The Morgan fingerprint density at radius 3 is 3.00 bits per heavy atom. The SMILES string of the molecule is C=CCCCOc1nc(Cl)ncc1Cl. The van der Waals surface area contributed by atoms with Crippen molar-refractivity contribution in [1.29, 1.82) is 0 Å². The number of aromatic nitrogens is 2. The summed E-state index contributed by atoms with van der Waals surface area (Å²) in [5.74, 6) is 0.329. The molecule has 0 fully saturated rings. The van der Waals surface area contributed by atoms with E-state index in [4.69, 9.17) is 27.9 Å². The fourth-order valence-corrected chi connectivity index (χ4v) is 1.10. The van der Waals surface area contributed by atoms with Crippen molar-refractivity contribution in [2.75, 3.05) is 6.61 Å². The molecule has 0 aliphatic carbocycles. The number of rotatable bonds is 5. The number of halogens is 2. The lowest BCUT2D eigenvalue weighted by atomic mass is 10.3. The molecule has 0 aliphatic rings. The van der Waals surface area contributed by atoms with Crippen LogP contribution in [-0.4, -0.2) is 16.6 Å². The average Bonchev–Trinajstić information content (AvgIpc) is 2.18. The Balaban J connectivity index is 2.49. The fourth-order valence-electron chi connectivity index (χ4n) is 0.829. The van der Waals surface area contributed by atoms with Crippen LogP contribution in [-0.2, 0) is 0 Å². The first kappa shape index (κ1) is 11.3. The normalized spacial score (nSPS) is 9.86. The van der Waals surface area contributed by atoms with Crippen LogP contribution < -0.4 is 4.74 Å². The number of allylic oxidation sites excluding steroid dienone is 1. The Morgan fingerprint density at radius 1 is 1.50 bits per heavy atom. The number of nitrogens with zero attached hydrogens (tertiary/aromatic N) is 2. The zero-order valence-electron chi connectivity index (χ0n) is 7.54. The lowest BCUT2D eigenvalue weighted by Crippen LogP contribution is -2.00. The highest BCUT2D eigenvalue weighted by atomic mass is 35.5. The molecule has 1 rings (SSSR count). The molecule has 0 saturated heterocycles. The van der Waals surface area contributed by atoms with Gasteiger partial charge in [-0.1, -0.05) is 17.7 Å². The van der Waals surface area contributed by atoms with Crippen molar-refractivity contribution in [2.45, 2.75) is 12.8 Å². The second-order valence-electron chi connectivity index (χ2n) is 2.57. The lowest BCUT2D eigenvalue weighted by Gasteiger charge is -2.05.